The Kier molecular flexibility index (Phi) is 6.98. The van der Waals surface area contributed by atoms with Crippen molar-refractivity contribution in [1.29, 1.82) is 0 Å². The van der Waals surface area contributed by atoms with Crippen LogP contribution >= 0.6 is 0 Å². The van der Waals surface area contributed by atoms with E-state index < -0.39 is 28.5 Å². The highest BCUT2D eigenvalue weighted by Gasteiger charge is 2.25. The lowest BCUT2D eigenvalue weighted by Gasteiger charge is -2.26. The molecule has 0 bridgehead atoms. The molecule has 1 aromatic heterocycles. The summed E-state index contributed by atoms with van der Waals surface area (Å²) in [5, 5.41) is 6.02. The van der Waals surface area contributed by atoms with E-state index in [0.29, 0.717) is 37.6 Å². The number of nitrogens with zero attached hydrogens (tertiary/aromatic N) is 2. The van der Waals surface area contributed by atoms with Gasteiger partial charge in [0.2, 0.25) is 15.9 Å². The van der Waals surface area contributed by atoms with Crippen LogP contribution in [0.4, 0.5) is 5.88 Å². The fourth-order valence-electron chi connectivity index (χ4n) is 2.63. The number of sulfonamides is 1. The third-order valence-corrected chi connectivity index (χ3v) is 6.05. The monoisotopic (exact) mass is 435 g/mol. The maximum absolute atomic E-state index is 12.6. The molecule has 0 aliphatic carbocycles. The van der Waals surface area contributed by atoms with Crippen molar-refractivity contribution in [2.24, 2.45) is 0 Å². The molecule has 3 rings (SSSR count). The van der Waals surface area contributed by atoms with Crippen LogP contribution in [-0.2, 0) is 29.1 Å². The topological polar surface area (TPSA) is 128 Å². The number of anilines is 1. The van der Waals surface area contributed by atoms with Gasteiger partial charge in [-0.15, -0.1) is 0 Å². The number of carbonyl (C=O) groups excluding carboxylic acids is 2. The molecule has 1 N–H and O–H groups in total. The lowest BCUT2D eigenvalue weighted by molar-refractivity contribution is -0.142. The van der Waals surface area contributed by atoms with E-state index in [1.165, 1.54) is 28.6 Å². The van der Waals surface area contributed by atoms with E-state index in [0.717, 1.165) is 6.08 Å². The Balaban J connectivity index is 1.50. The quantitative estimate of drug-likeness (QED) is 0.508. The van der Waals surface area contributed by atoms with Crippen molar-refractivity contribution in [3.63, 3.8) is 0 Å². The molecule has 1 saturated heterocycles. The van der Waals surface area contributed by atoms with Gasteiger partial charge in [0.25, 0.3) is 5.91 Å². The zero-order chi connectivity index (χ0) is 21.6. The van der Waals surface area contributed by atoms with Crippen molar-refractivity contribution in [2.45, 2.75) is 11.8 Å². The number of hydrogen-bond donors (Lipinski definition) is 1. The second-order valence-corrected chi connectivity index (χ2v) is 8.35. The number of hydrogen-bond acceptors (Lipinski definition) is 8. The molecule has 0 unspecified atom stereocenters. The van der Waals surface area contributed by atoms with Crippen LogP contribution in [0.3, 0.4) is 0 Å². The van der Waals surface area contributed by atoms with Gasteiger partial charge < -0.3 is 14.0 Å². The Morgan fingerprint density at radius 3 is 2.57 bits per heavy atom. The Hall–Kier alpha value is -3.02. The van der Waals surface area contributed by atoms with Crippen LogP contribution in [0.15, 0.2) is 45.8 Å². The summed E-state index contributed by atoms with van der Waals surface area (Å²) in [5.74, 6) is -1.12. The molecule has 0 radical (unpaired) electrons. The predicted molar refractivity (Wildman–Crippen MR) is 106 cm³/mol. The molecular formula is C19H21N3O7S. The maximum Gasteiger partial charge on any atom is 0.331 e. The van der Waals surface area contributed by atoms with Gasteiger partial charge in [0, 0.05) is 25.2 Å². The summed E-state index contributed by atoms with van der Waals surface area (Å²) in [7, 11) is -3.57. The van der Waals surface area contributed by atoms with Crippen LogP contribution < -0.4 is 5.32 Å². The minimum Gasteiger partial charge on any atom is -0.452 e. The molecule has 1 aromatic carbocycles. The smallest absolute Gasteiger partial charge is 0.331 e. The van der Waals surface area contributed by atoms with Crippen LogP contribution in [-0.4, -0.2) is 62.7 Å². The normalized spacial score (nSPS) is 15.2. The van der Waals surface area contributed by atoms with Crippen molar-refractivity contribution in [1.82, 2.24) is 9.46 Å². The molecule has 1 fully saturated rings. The number of carbonyl (C=O) groups is 2. The zero-order valence-corrected chi connectivity index (χ0v) is 17.1. The molecule has 160 valence electrons. The van der Waals surface area contributed by atoms with Crippen LogP contribution in [0.2, 0.25) is 0 Å². The second kappa shape index (κ2) is 9.65. The Morgan fingerprint density at radius 2 is 1.93 bits per heavy atom. The third-order valence-electron chi connectivity index (χ3n) is 4.14. The van der Waals surface area contributed by atoms with Crippen LogP contribution in [0, 0.1) is 6.92 Å². The van der Waals surface area contributed by atoms with Crippen LogP contribution in [0.1, 0.15) is 11.3 Å². The number of esters is 1. The summed E-state index contributed by atoms with van der Waals surface area (Å²) in [6.07, 6.45) is 2.61. The van der Waals surface area contributed by atoms with Gasteiger partial charge in [-0.3, -0.25) is 10.1 Å². The van der Waals surface area contributed by atoms with Gasteiger partial charge in [0.1, 0.15) is 0 Å². The molecule has 0 saturated carbocycles. The Bertz CT molecular complexity index is 1020. The number of rotatable bonds is 7. The van der Waals surface area contributed by atoms with Gasteiger partial charge in [-0.1, -0.05) is 17.3 Å². The molecule has 0 spiro atoms. The predicted octanol–water partition coefficient (Wildman–Crippen LogP) is 1.20. The van der Waals surface area contributed by atoms with E-state index in [1.54, 1.807) is 19.1 Å². The molecule has 1 aliphatic heterocycles. The molecule has 2 heterocycles. The first-order valence-electron chi connectivity index (χ1n) is 9.10. The van der Waals surface area contributed by atoms with E-state index in [9.17, 15) is 18.0 Å². The average molecular weight is 435 g/mol. The zero-order valence-electron chi connectivity index (χ0n) is 16.2. The third kappa shape index (κ3) is 5.75. The Morgan fingerprint density at radius 1 is 1.23 bits per heavy atom. The molecule has 1 amide bonds. The molecular weight excluding hydrogens is 414 g/mol. The summed E-state index contributed by atoms with van der Waals surface area (Å²) < 4.78 is 41.4. The lowest BCUT2D eigenvalue weighted by Crippen LogP contribution is -2.40. The molecule has 2 aromatic rings. The largest absolute Gasteiger partial charge is 0.452 e. The van der Waals surface area contributed by atoms with Crippen molar-refractivity contribution in [2.75, 3.05) is 38.2 Å². The number of nitrogens with one attached hydrogen (secondary N) is 1. The van der Waals surface area contributed by atoms with E-state index >= 15 is 0 Å². The van der Waals surface area contributed by atoms with Crippen molar-refractivity contribution in [3.8, 4) is 0 Å². The number of benzene rings is 1. The first kappa shape index (κ1) is 21.7. The average Bonchev–Trinajstić information content (AvgIpc) is 3.16. The number of aryl methyl sites for hydroxylation is 1. The van der Waals surface area contributed by atoms with Gasteiger partial charge >= 0.3 is 5.97 Å². The van der Waals surface area contributed by atoms with Gasteiger partial charge in [0.15, 0.2) is 6.61 Å². The number of ether oxygens (including phenoxy) is 2. The highest BCUT2D eigenvalue weighted by atomic mass is 32.2. The number of amides is 1. The summed E-state index contributed by atoms with van der Waals surface area (Å²) >= 11 is 0. The maximum atomic E-state index is 12.6. The van der Waals surface area contributed by atoms with Crippen LogP contribution in [0.25, 0.3) is 6.08 Å². The molecule has 10 nitrogen and oxygen atoms in total. The fraction of sp³-hybridized carbons (Fsp3) is 0.316. The SMILES string of the molecule is Cc1cc(NC(=O)COC(=O)/C=C/c2ccc(S(=O)(=O)N3CCOCC3)cc2)on1. The molecule has 1 aliphatic rings. The molecule has 30 heavy (non-hydrogen) atoms. The molecule has 0 atom stereocenters. The fourth-order valence-corrected chi connectivity index (χ4v) is 4.04. The van der Waals surface area contributed by atoms with Crippen molar-refractivity contribution < 1.29 is 32.0 Å². The highest BCUT2D eigenvalue weighted by molar-refractivity contribution is 7.89. The first-order chi connectivity index (χ1) is 14.3. The summed E-state index contributed by atoms with van der Waals surface area (Å²) in [4.78, 5) is 23.6. The van der Waals surface area contributed by atoms with E-state index in [4.69, 9.17) is 14.0 Å². The van der Waals surface area contributed by atoms with E-state index in [2.05, 4.69) is 10.5 Å². The van der Waals surface area contributed by atoms with Gasteiger partial charge in [0.05, 0.1) is 23.8 Å². The minimum absolute atomic E-state index is 0.163. The van der Waals surface area contributed by atoms with Gasteiger partial charge in [-0.05, 0) is 30.7 Å². The highest BCUT2D eigenvalue weighted by Crippen LogP contribution is 2.18. The van der Waals surface area contributed by atoms with Crippen molar-refractivity contribution in [3.05, 3.63) is 47.7 Å². The summed E-state index contributed by atoms with van der Waals surface area (Å²) in [6, 6.07) is 7.64. The van der Waals surface area contributed by atoms with E-state index in [-0.39, 0.29) is 10.8 Å². The molecule has 11 heteroatoms. The van der Waals surface area contributed by atoms with Crippen molar-refractivity contribution >= 4 is 33.9 Å². The summed E-state index contributed by atoms with van der Waals surface area (Å²) in [5.41, 5.74) is 1.21. The summed E-state index contributed by atoms with van der Waals surface area (Å²) in [6.45, 7) is 2.60. The Labute approximate surface area is 173 Å². The lowest BCUT2D eigenvalue weighted by atomic mass is 10.2. The minimum atomic E-state index is -3.57. The van der Waals surface area contributed by atoms with Gasteiger partial charge in [-0.25, -0.2) is 13.2 Å². The van der Waals surface area contributed by atoms with Crippen LogP contribution in [0.5, 0.6) is 0 Å². The second-order valence-electron chi connectivity index (χ2n) is 6.41. The van der Waals surface area contributed by atoms with E-state index in [1.807, 2.05) is 0 Å². The number of morpholine rings is 1. The number of aromatic nitrogens is 1. The first-order valence-corrected chi connectivity index (χ1v) is 10.5. The standard InChI is InChI=1S/C19H21N3O7S/c1-14-12-18(29-21-14)20-17(23)13-28-19(24)7-4-15-2-5-16(6-3-15)30(25,26)22-8-10-27-11-9-22/h2-7,12H,8-11,13H2,1H3,(H,20,23)/b7-4+. The van der Waals surface area contributed by atoms with Gasteiger partial charge in [-0.2, -0.15) is 4.31 Å².